The van der Waals surface area contributed by atoms with Crippen LogP contribution in [0.5, 0.6) is 0 Å². The number of carbonyl (C=O) groups is 5. The number of urea groups is 1. The Labute approximate surface area is 240 Å². The van der Waals surface area contributed by atoms with E-state index in [2.05, 4.69) is 21.3 Å². The molecule has 3 rings (SSSR count). The number of ketones is 2. The molecule has 0 saturated carbocycles. The first-order valence-corrected chi connectivity index (χ1v) is 14.4. The average Bonchev–Trinajstić information content (AvgIpc) is 3.26. The molecule has 0 unspecified atom stereocenters. The molecule has 0 bridgehead atoms. The molecule has 216 valence electrons. The summed E-state index contributed by atoms with van der Waals surface area (Å²) in [6.45, 7) is 4.70. The number of amides is 4. The van der Waals surface area contributed by atoms with E-state index in [1.54, 1.807) is 31.2 Å². The lowest BCUT2D eigenvalue weighted by Crippen LogP contribution is -2.30. The van der Waals surface area contributed by atoms with Crippen molar-refractivity contribution in [2.45, 2.75) is 83.7 Å². The molecule has 0 aromatic heterocycles. The molecule has 0 spiro atoms. The van der Waals surface area contributed by atoms with Crippen molar-refractivity contribution < 1.29 is 24.0 Å². The molecule has 1 heterocycles. The maximum atomic E-state index is 12.8. The third-order valence-corrected chi connectivity index (χ3v) is 7.60. The Morgan fingerprint density at radius 3 is 2.15 bits per heavy atom. The van der Waals surface area contributed by atoms with E-state index in [1.807, 2.05) is 6.92 Å². The largest absolute Gasteiger partial charge is 0.356 e. The van der Waals surface area contributed by atoms with Gasteiger partial charge in [0.1, 0.15) is 0 Å². The van der Waals surface area contributed by atoms with Crippen LogP contribution in [0.2, 0.25) is 0 Å². The number of hydrogen-bond donors (Lipinski definition) is 4. The first-order chi connectivity index (χ1) is 19.2. The number of fused-ring (bicyclic) bond motifs is 1. The minimum absolute atomic E-state index is 0.0336. The van der Waals surface area contributed by atoms with Gasteiger partial charge in [0, 0.05) is 47.8 Å². The molecule has 2 atom stereocenters. The van der Waals surface area contributed by atoms with Crippen LogP contribution in [0, 0.1) is 0 Å². The summed E-state index contributed by atoms with van der Waals surface area (Å²) in [5.74, 6) is -1.05. The van der Waals surface area contributed by atoms with Crippen LogP contribution in [0.15, 0.2) is 46.5 Å². The van der Waals surface area contributed by atoms with Crippen molar-refractivity contribution in [1.82, 2.24) is 21.3 Å². The minimum Gasteiger partial charge on any atom is -0.356 e. The van der Waals surface area contributed by atoms with E-state index in [0.717, 1.165) is 51.4 Å². The molecule has 10 heteroatoms. The number of allylic oxidation sites excluding steroid dienone is 3. The van der Waals surface area contributed by atoms with Crippen molar-refractivity contribution in [2.24, 2.45) is 0 Å². The topological polar surface area (TPSA) is 133 Å². The molecule has 4 N–H and O–H groups in total. The molecule has 1 saturated heterocycles. The zero-order valence-corrected chi connectivity index (χ0v) is 24.0. The zero-order chi connectivity index (χ0) is 29.1. The Morgan fingerprint density at radius 2 is 1.50 bits per heavy atom. The molecule has 1 fully saturated rings. The van der Waals surface area contributed by atoms with E-state index in [4.69, 9.17) is 11.6 Å². The normalized spacial score (nSPS) is 18.8. The molecule has 4 amide bonds. The van der Waals surface area contributed by atoms with Crippen molar-refractivity contribution >= 4 is 41.0 Å². The van der Waals surface area contributed by atoms with Gasteiger partial charge >= 0.3 is 6.03 Å². The standard InChI is InChI=1S/C30H39ClN4O5/c1-19(18-23-26(31)28(38)22-13-9-8-12-21(22)27(23)37)29(39)33-17-11-4-3-10-16-32-25(36)15-7-5-6-14-24-20(2)34-30(40)35-24/h8-9,12-13,18,20,24H,3-7,10-11,14-17H2,1-2H3,(H,32,36)(H,33,39)(H2,34,35,40)/b19-18+/t20-,24+/m0/s1. The Balaban J connectivity index is 1.23. The second kappa shape index (κ2) is 15.4. The molecule has 1 aliphatic carbocycles. The van der Waals surface area contributed by atoms with Gasteiger partial charge < -0.3 is 21.3 Å². The predicted molar refractivity (Wildman–Crippen MR) is 154 cm³/mol. The van der Waals surface area contributed by atoms with Gasteiger partial charge in [0.25, 0.3) is 0 Å². The summed E-state index contributed by atoms with van der Waals surface area (Å²) < 4.78 is 0. The third kappa shape index (κ3) is 8.78. The Hall–Kier alpha value is -3.46. The van der Waals surface area contributed by atoms with Crippen LogP contribution in [-0.2, 0) is 9.59 Å². The maximum Gasteiger partial charge on any atom is 0.315 e. The van der Waals surface area contributed by atoms with Crippen LogP contribution in [0.3, 0.4) is 0 Å². The van der Waals surface area contributed by atoms with Crippen molar-refractivity contribution in [3.63, 3.8) is 0 Å². The monoisotopic (exact) mass is 570 g/mol. The SMILES string of the molecule is C/C(=C\C1=C(Cl)C(=O)c2ccccc2C1=O)C(=O)NCCCCCCNC(=O)CCCCC[C@H]1NC(=O)N[C@H]1C. The predicted octanol–water partition coefficient (Wildman–Crippen LogP) is 4.32. The van der Waals surface area contributed by atoms with Crippen LogP contribution < -0.4 is 21.3 Å². The summed E-state index contributed by atoms with van der Waals surface area (Å²) in [5.41, 5.74) is 0.888. The number of rotatable bonds is 15. The first kappa shape index (κ1) is 31.1. The quantitative estimate of drug-likeness (QED) is 0.184. The van der Waals surface area contributed by atoms with Crippen LogP contribution in [0.25, 0.3) is 0 Å². The van der Waals surface area contributed by atoms with Crippen molar-refractivity contribution in [3.05, 3.63) is 57.6 Å². The maximum absolute atomic E-state index is 12.8. The summed E-state index contributed by atoms with van der Waals surface area (Å²) in [6.07, 6.45) is 9.08. The molecule has 1 aliphatic heterocycles. The van der Waals surface area contributed by atoms with E-state index in [0.29, 0.717) is 25.1 Å². The van der Waals surface area contributed by atoms with Gasteiger partial charge in [-0.1, -0.05) is 61.5 Å². The van der Waals surface area contributed by atoms with E-state index >= 15 is 0 Å². The second-order valence-corrected chi connectivity index (χ2v) is 10.8. The smallest absolute Gasteiger partial charge is 0.315 e. The first-order valence-electron chi connectivity index (χ1n) is 14.1. The van der Waals surface area contributed by atoms with Crippen LogP contribution in [0.1, 0.15) is 92.4 Å². The van der Waals surface area contributed by atoms with E-state index in [9.17, 15) is 24.0 Å². The van der Waals surface area contributed by atoms with Gasteiger partial charge in [-0.3, -0.25) is 19.2 Å². The third-order valence-electron chi connectivity index (χ3n) is 7.22. The van der Waals surface area contributed by atoms with Crippen molar-refractivity contribution in [1.29, 1.82) is 0 Å². The Kier molecular flexibility index (Phi) is 11.9. The Morgan fingerprint density at radius 1 is 0.875 bits per heavy atom. The lowest BCUT2D eigenvalue weighted by atomic mass is 9.88. The molecule has 1 aromatic rings. The van der Waals surface area contributed by atoms with Crippen LogP contribution in [0.4, 0.5) is 4.79 Å². The number of hydrogen-bond acceptors (Lipinski definition) is 5. The number of benzene rings is 1. The van der Waals surface area contributed by atoms with Gasteiger partial charge in [0.05, 0.1) is 11.1 Å². The number of Topliss-reactive ketones (excluding diaryl/α,β-unsaturated/α-hetero) is 2. The Bertz CT molecular complexity index is 1190. The highest BCUT2D eigenvalue weighted by atomic mass is 35.5. The van der Waals surface area contributed by atoms with Gasteiger partial charge in [-0.15, -0.1) is 0 Å². The van der Waals surface area contributed by atoms with E-state index < -0.39 is 5.78 Å². The summed E-state index contributed by atoms with van der Waals surface area (Å²) in [4.78, 5) is 61.1. The fourth-order valence-electron chi connectivity index (χ4n) is 4.83. The van der Waals surface area contributed by atoms with Crippen LogP contribution in [-0.4, -0.2) is 54.6 Å². The lowest BCUT2D eigenvalue weighted by molar-refractivity contribution is -0.121. The number of halogens is 1. The average molecular weight is 571 g/mol. The van der Waals surface area contributed by atoms with E-state index in [1.165, 1.54) is 6.08 Å². The summed E-state index contributed by atoms with van der Waals surface area (Å²) in [5, 5.41) is 11.4. The van der Waals surface area contributed by atoms with E-state index in [-0.39, 0.29) is 57.4 Å². The highest BCUT2D eigenvalue weighted by Gasteiger charge is 2.30. The summed E-state index contributed by atoms with van der Waals surface area (Å²) in [6, 6.07) is 6.71. The van der Waals surface area contributed by atoms with Gasteiger partial charge in [-0.05, 0) is 45.6 Å². The van der Waals surface area contributed by atoms with Gasteiger partial charge in [-0.2, -0.15) is 0 Å². The number of nitrogens with one attached hydrogen (secondary N) is 4. The molecular formula is C30H39ClN4O5. The molecule has 0 radical (unpaired) electrons. The molecule has 1 aromatic carbocycles. The van der Waals surface area contributed by atoms with Gasteiger partial charge in [0.2, 0.25) is 17.6 Å². The fraction of sp³-hybridized carbons (Fsp3) is 0.500. The zero-order valence-electron chi connectivity index (χ0n) is 23.2. The van der Waals surface area contributed by atoms with Crippen molar-refractivity contribution in [3.8, 4) is 0 Å². The van der Waals surface area contributed by atoms with Gasteiger partial charge in [0.15, 0.2) is 5.78 Å². The molecular weight excluding hydrogens is 532 g/mol. The highest BCUT2D eigenvalue weighted by molar-refractivity contribution is 6.50. The van der Waals surface area contributed by atoms with Gasteiger partial charge in [-0.25, -0.2) is 4.79 Å². The fourth-order valence-corrected chi connectivity index (χ4v) is 5.07. The highest BCUT2D eigenvalue weighted by Crippen LogP contribution is 2.29. The summed E-state index contributed by atoms with van der Waals surface area (Å²) in [7, 11) is 0. The number of carbonyl (C=O) groups excluding carboxylic acids is 5. The molecule has 9 nitrogen and oxygen atoms in total. The molecule has 2 aliphatic rings. The minimum atomic E-state index is -0.424. The summed E-state index contributed by atoms with van der Waals surface area (Å²) >= 11 is 6.17. The number of unbranched alkanes of at least 4 members (excludes halogenated alkanes) is 5. The second-order valence-electron chi connectivity index (χ2n) is 10.4. The van der Waals surface area contributed by atoms with Crippen molar-refractivity contribution in [2.75, 3.05) is 13.1 Å². The molecule has 40 heavy (non-hydrogen) atoms. The lowest BCUT2D eigenvalue weighted by Gasteiger charge is -2.16. The van der Waals surface area contributed by atoms with Crippen LogP contribution >= 0.6 is 11.6 Å².